The van der Waals surface area contributed by atoms with Gasteiger partial charge in [0.1, 0.15) is 17.7 Å². The molecule has 9 heteroatoms. The van der Waals surface area contributed by atoms with Crippen molar-refractivity contribution in [2.24, 2.45) is 0 Å². The van der Waals surface area contributed by atoms with E-state index in [9.17, 15) is 20.7 Å². The molecule has 0 aromatic heterocycles. The fraction of sp³-hybridized carbons (Fsp3) is 0.481. The van der Waals surface area contributed by atoms with Crippen molar-refractivity contribution < 1.29 is 10.2 Å². The Balaban J connectivity index is 1.87. The van der Waals surface area contributed by atoms with Crippen LogP contribution in [0.1, 0.15) is 64.2 Å². The van der Waals surface area contributed by atoms with Gasteiger partial charge in [0.05, 0.1) is 48.1 Å². The minimum Gasteiger partial charge on any atom is -0.392 e. The number of hydrogen-bond acceptors (Lipinski definition) is 8. The summed E-state index contributed by atoms with van der Waals surface area (Å²) in [6, 6.07) is 9.64. The fourth-order valence-electron chi connectivity index (χ4n) is 4.60. The summed E-state index contributed by atoms with van der Waals surface area (Å²) in [5, 5.41) is 70.1. The van der Waals surface area contributed by atoms with E-state index in [1.807, 2.05) is 12.1 Å². The van der Waals surface area contributed by atoms with E-state index in [0.29, 0.717) is 41.8 Å². The summed E-state index contributed by atoms with van der Waals surface area (Å²) in [6.07, 6.45) is 4.52. The lowest BCUT2D eigenvalue weighted by Gasteiger charge is -2.24. The van der Waals surface area contributed by atoms with Crippen molar-refractivity contribution in [2.45, 2.75) is 76.4 Å². The zero-order valence-corrected chi connectivity index (χ0v) is 20.0. The van der Waals surface area contributed by atoms with Crippen LogP contribution in [-0.4, -0.2) is 29.0 Å². The monoisotopic (exact) mass is 481 g/mol. The summed E-state index contributed by atoms with van der Waals surface area (Å²) in [6.45, 7) is 7.73. The summed E-state index contributed by atoms with van der Waals surface area (Å²) in [4.78, 5) is 3.18. The SMILES string of the molecule is [C-]#[N+]/C(C#N)=C1\CC(O)CC(NCCCCCCCC2=C(C#N)C(=C(C#N)C#N)CC(O)C2)=C1C#N. The summed E-state index contributed by atoms with van der Waals surface area (Å²) in [5.74, 6) is 0. The van der Waals surface area contributed by atoms with Gasteiger partial charge in [0, 0.05) is 30.7 Å². The van der Waals surface area contributed by atoms with Crippen LogP contribution in [0.3, 0.4) is 0 Å². The number of aliphatic hydroxyl groups is 2. The third-order valence-corrected chi connectivity index (χ3v) is 6.31. The molecule has 9 nitrogen and oxygen atoms in total. The Morgan fingerprint density at radius 1 is 0.806 bits per heavy atom. The highest BCUT2D eigenvalue weighted by molar-refractivity contribution is 5.57. The van der Waals surface area contributed by atoms with E-state index in [1.54, 1.807) is 6.07 Å². The van der Waals surface area contributed by atoms with Gasteiger partial charge in [-0.05, 0) is 43.3 Å². The Bertz CT molecular complexity index is 1110. The first-order valence-corrected chi connectivity index (χ1v) is 11.8. The smallest absolute Gasteiger partial charge is 0.266 e. The van der Waals surface area contributed by atoms with E-state index in [-0.39, 0.29) is 36.1 Å². The Hall–Kier alpha value is -4.38. The minimum atomic E-state index is -0.747. The Kier molecular flexibility index (Phi) is 10.9. The maximum Gasteiger partial charge on any atom is 0.266 e. The highest BCUT2D eigenvalue weighted by atomic mass is 16.3. The molecule has 182 valence electrons. The van der Waals surface area contributed by atoms with E-state index in [0.717, 1.165) is 37.7 Å². The molecule has 0 radical (unpaired) electrons. The number of nitrogens with zero attached hydrogens (tertiary/aromatic N) is 6. The fourth-order valence-corrected chi connectivity index (χ4v) is 4.60. The quantitative estimate of drug-likeness (QED) is 0.252. The highest BCUT2D eigenvalue weighted by Crippen LogP contribution is 2.34. The maximum atomic E-state index is 10.2. The second kappa shape index (κ2) is 14.1. The van der Waals surface area contributed by atoms with Gasteiger partial charge in [-0.2, -0.15) is 21.0 Å². The molecule has 0 aromatic carbocycles. The van der Waals surface area contributed by atoms with Crippen LogP contribution in [0.15, 0.2) is 44.8 Å². The predicted octanol–water partition coefficient (Wildman–Crippen LogP) is 3.86. The molecule has 3 N–H and O–H groups in total. The van der Waals surface area contributed by atoms with Gasteiger partial charge in [0.2, 0.25) is 0 Å². The molecule has 0 saturated heterocycles. The summed E-state index contributed by atoms with van der Waals surface area (Å²) < 4.78 is 0. The van der Waals surface area contributed by atoms with Crippen molar-refractivity contribution in [1.29, 1.82) is 26.3 Å². The standard InChI is InChI=1S/C27H27N7O2/c1-33-27(17-32)23-11-21(36)12-26(25(23)16-31)34-8-6-4-2-3-5-7-18-9-20(35)10-22(24(18)15-30)19(13-28)14-29/h20-21,34-36H,2-12H2/b27-23+. The lowest BCUT2D eigenvalue weighted by atomic mass is 9.82. The number of unbranched alkanes of at least 4 members (excludes halogenated alkanes) is 4. The molecule has 0 spiro atoms. The van der Waals surface area contributed by atoms with Crippen LogP contribution >= 0.6 is 0 Å². The molecule has 36 heavy (non-hydrogen) atoms. The number of hydrogen-bond donors (Lipinski definition) is 3. The number of rotatable bonds is 9. The van der Waals surface area contributed by atoms with Crippen molar-refractivity contribution in [2.75, 3.05) is 6.54 Å². The van der Waals surface area contributed by atoms with E-state index in [4.69, 9.17) is 22.4 Å². The molecule has 2 aliphatic carbocycles. The summed E-state index contributed by atoms with van der Waals surface area (Å²) in [5.41, 5.74) is 2.36. The lowest BCUT2D eigenvalue weighted by Crippen LogP contribution is -2.26. The van der Waals surface area contributed by atoms with Gasteiger partial charge in [-0.3, -0.25) is 0 Å². The zero-order valence-electron chi connectivity index (χ0n) is 20.0. The molecule has 0 bridgehead atoms. The molecule has 0 heterocycles. The Morgan fingerprint density at radius 3 is 2.03 bits per heavy atom. The molecule has 0 amide bonds. The molecule has 0 saturated carbocycles. The largest absolute Gasteiger partial charge is 0.392 e. The minimum absolute atomic E-state index is 0.115. The first-order chi connectivity index (χ1) is 17.4. The van der Waals surface area contributed by atoms with Crippen molar-refractivity contribution >= 4 is 0 Å². The van der Waals surface area contributed by atoms with Gasteiger partial charge in [-0.15, -0.1) is 0 Å². The van der Waals surface area contributed by atoms with Crippen molar-refractivity contribution in [3.8, 4) is 30.3 Å². The lowest BCUT2D eigenvalue weighted by molar-refractivity contribution is 0.168. The zero-order chi connectivity index (χ0) is 26.5. The van der Waals surface area contributed by atoms with E-state index in [1.165, 1.54) is 0 Å². The molecule has 2 rings (SSSR count). The third kappa shape index (κ3) is 7.06. The molecular weight excluding hydrogens is 454 g/mol. The second-order valence-corrected chi connectivity index (χ2v) is 8.75. The number of aliphatic hydroxyl groups excluding tert-OH is 2. The Labute approximate surface area is 211 Å². The van der Waals surface area contributed by atoms with Gasteiger partial charge >= 0.3 is 0 Å². The van der Waals surface area contributed by atoms with Crippen LogP contribution in [0.25, 0.3) is 4.85 Å². The van der Waals surface area contributed by atoms with Crippen LogP contribution in [0.4, 0.5) is 0 Å². The second-order valence-electron chi connectivity index (χ2n) is 8.75. The van der Waals surface area contributed by atoms with Gasteiger partial charge in [0.25, 0.3) is 5.70 Å². The molecule has 2 aliphatic rings. The van der Waals surface area contributed by atoms with Crippen molar-refractivity contribution in [1.82, 2.24) is 5.32 Å². The molecule has 0 aliphatic heterocycles. The first kappa shape index (κ1) is 27.9. The molecule has 2 unspecified atom stereocenters. The summed E-state index contributed by atoms with van der Waals surface area (Å²) in [7, 11) is 0. The summed E-state index contributed by atoms with van der Waals surface area (Å²) >= 11 is 0. The average Bonchev–Trinajstić information content (AvgIpc) is 2.87. The molecule has 0 aromatic rings. The third-order valence-electron chi connectivity index (χ3n) is 6.31. The number of allylic oxidation sites excluding steroid dienone is 4. The van der Waals surface area contributed by atoms with Gasteiger partial charge in [-0.25, -0.2) is 10.1 Å². The molecule has 0 fully saturated rings. The molecule has 2 atom stereocenters. The topological polar surface area (TPSA) is 176 Å². The van der Waals surface area contributed by atoms with Gasteiger partial charge in [0.15, 0.2) is 0 Å². The highest BCUT2D eigenvalue weighted by Gasteiger charge is 2.27. The van der Waals surface area contributed by atoms with Crippen LogP contribution in [-0.2, 0) is 0 Å². The van der Waals surface area contributed by atoms with E-state index >= 15 is 0 Å². The van der Waals surface area contributed by atoms with Crippen LogP contribution in [0.2, 0.25) is 0 Å². The average molecular weight is 482 g/mol. The first-order valence-electron chi connectivity index (χ1n) is 11.8. The normalized spacial score (nSPS) is 20.7. The van der Waals surface area contributed by atoms with E-state index in [2.05, 4.69) is 22.3 Å². The van der Waals surface area contributed by atoms with Gasteiger partial charge in [-0.1, -0.05) is 19.3 Å². The van der Waals surface area contributed by atoms with Gasteiger partial charge < -0.3 is 15.5 Å². The van der Waals surface area contributed by atoms with Crippen LogP contribution in [0.5, 0.6) is 0 Å². The number of nitriles is 5. The predicted molar refractivity (Wildman–Crippen MR) is 129 cm³/mol. The van der Waals surface area contributed by atoms with Crippen LogP contribution < -0.4 is 5.32 Å². The molecular formula is C27H27N7O2. The van der Waals surface area contributed by atoms with Crippen molar-refractivity contribution in [3.63, 3.8) is 0 Å². The van der Waals surface area contributed by atoms with Crippen LogP contribution in [0, 0.1) is 63.2 Å². The Morgan fingerprint density at radius 2 is 1.42 bits per heavy atom. The van der Waals surface area contributed by atoms with E-state index < -0.39 is 12.2 Å². The van der Waals surface area contributed by atoms with Crippen molar-refractivity contribution in [3.05, 3.63) is 56.2 Å². The number of nitrogens with one attached hydrogen (secondary N) is 1. The maximum absolute atomic E-state index is 10.2.